The number of nitrogens with zero attached hydrogens (tertiary/aromatic N) is 2. The van der Waals surface area contributed by atoms with E-state index in [-0.39, 0.29) is 23.9 Å². The number of urea groups is 1. The Labute approximate surface area is 115 Å². The molecule has 0 spiro atoms. The molecule has 2 aliphatic heterocycles. The summed E-state index contributed by atoms with van der Waals surface area (Å²) in [5.41, 5.74) is 5.39. The van der Waals surface area contributed by atoms with Crippen molar-refractivity contribution in [1.82, 2.24) is 9.80 Å². The Morgan fingerprint density at radius 1 is 1.05 bits per heavy atom. The van der Waals surface area contributed by atoms with Gasteiger partial charge in [-0.2, -0.15) is 0 Å². The van der Waals surface area contributed by atoms with E-state index in [4.69, 9.17) is 5.73 Å². The number of carbonyl (C=O) groups is 2. The van der Waals surface area contributed by atoms with Crippen molar-refractivity contribution in [2.45, 2.75) is 51.5 Å². The maximum Gasteiger partial charge on any atom is 0.320 e. The molecule has 2 atom stereocenters. The molecule has 2 unspecified atom stereocenters. The minimum absolute atomic E-state index is 0.0975. The van der Waals surface area contributed by atoms with E-state index in [2.05, 4.69) is 6.92 Å². The fourth-order valence-corrected chi connectivity index (χ4v) is 3.05. The van der Waals surface area contributed by atoms with Gasteiger partial charge in [0.1, 0.15) is 0 Å². The SMILES string of the molecule is CC1CCC(C(N)=O)CN1C(=O)N1CCCCCC1. The first-order valence-corrected chi connectivity index (χ1v) is 7.44. The van der Waals surface area contributed by atoms with E-state index < -0.39 is 0 Å². The van der Waals surface area contributed by atoms with Crippen LogP contribution in [0.3, 0.4) is 0 Å². The Bertz CT molecular complexity index is 338. The van der Waals surface area contributed by atoms with Crippen LogP contribution in [-0.2, 0) is 4.79 Å². The van der Waals surface area contributed by atoms with Gasteiger partial charge in [-0.1, -0.05) is 12.8 Å². The Morgan fingerprint density at radius 2 is 1.68 bits per heavy atom. The molecule has 0 radical (unpaired) electrons. The predicted octanol–water partition coefficient (Wildman–Crippen LogP) is 1.57. The second-order valence-corrected chi connectivity index (χ2v) is 5.86. The van der Waals surface area contributed by atoms with Gasteiger partial charge in [0.2, 0.25) is 5.91 Å². The first kappa shape index (κ1) is 14.2. The summed E-state index contributed by atoms with van der Waals surface area (Å²) in [6.45, 7) is 4.26. The van der Waals surface area contributed by atoms with Crippen LogP contribution in [-0.4, -0.2) is 47.4 Å². The average molecular weight is 267 g/mol. The molecular weight excluding hydrogens is 242 g/mol. The maximum absolute atomic E-state index is 12.6. The highest BCUT2D eigenvalue weighted by Crippen LogP contribution is 2.23. The first-order valence-electron chi connectivity index (χ1n) is 7.44. The topological polar surface area (TPSA) is 66.6 Å². The standard InChI is InChI=1S/C14H25N3O2/c1-11-6-7-12(13(15)18)10-17(11)14(19)16-8-4-2-3-5-9-16/h11-12H,2-10H2,1H3,(H2,15,18). The number of carbonyl (C=O) groups excluding carboxylic acids is 2. The van der Waals surface area contributed by atoms with Crippen molar-refractivity contribution >= 4 is 11.9 Å². The molecule has 0 saturated carbocycles. The monoisotopic (exact) mass is 267 g/mol. The normalized spacial score (nSPS) is 28.9. The molecule has 0 aromatic carbocycles. The lowest BCUT2D eigenvalue weighted by Gasteiger charge is -2.39. The Hall–Kier alpha value is -1.26. The Balaban J connectivity index is 2.00. The molecule has 2 aliphatic rings. The fourth-order valence-electron chi connectivity index (χ4n) is 3.05. The zero-order valence-corrected chi connectivity index (χ0v) is 11.8. The van der Waals surface area contributed by atoms with Gasteiger partial charge in [-0.05, 0) is 32.6 Å². The van der Waals surface area contributed by atoms with E-state index in [1.807, 2.05) is 9.80 Å². The lowest BCUT2D eigenvalue weighted by Crippen LogP contribution is -2.53. The van der Waals surface area contributed by atoms with Crippen LogP contribution in [0.5, 0.6) is 0 Å². The fraction of sp³-hybridized carbons (Fsp3) is 0.857. The van der Waals surface area contributed by atoms with Crippen LogP contribution in [0.25, 0.3) is 0 Å². The molecule has 0 aromatic rings. The third-order valence-corrected chi connectivity index (χ3v) is 4.41. The molecule has 19 heavy (non-hydrogen) atoms. The molecule has 2 saturated heterocycles. The molecule has 0 bridgehead atoms. The van der Waals surface area contributed by atoms with E-state index in [9.17, 15) is 9.59 Å². The van der Waals surface area contributed by atoms with Crippen molar-refractivity contribution in [1.29, 1.82) is 0 Å². The van der Waals surface area contributed by atoms with Gasteiger partial charge < -0.3 is 15.5 Å². The number of piperidine rings is 1. The zero-order valence-electron chi connectivity index (χ0n) is 11.8. The summed E-state index contributed by atoms with van der Waals surface area (Å²) in [5.74, 6) is -0.451. The molecule has 108 valence electrons. The Morgan fingerprint density at radius 3 is 2.26 bits per heavy atom. The maximum atomic E-state index is 12.6. The number of rotatable bonds is 1. The quantitative estimate of drug-likeness (QED) is 0.783. The van der Waals surface area contributed by atoms with Crippen molar-refractivity contribution in [2.24, 2.45) is 11.7 Å². The third kappa shape index (κ3) is 3.39. The summed E-state index contributed by atoms with van der Waals surface area (Å²) in [7, 11) is 0. The molecule has 5 heteroatoms. The molecule has 2 N–H and O–H groups in total. The summed E-state index contributed by atoms with van der Waals surface area (Å²) in [6, 6.07) is 0.312. The van der Waals surface area contributed by atoms with Crippen LogP contribution in [0, 0.1) is 5.92 Å². The van der Waals surface area contributed by atoms with E-state index in [0.29, 0.717) is 6.54 Å². The molecule has 3 amide bonds. The van der Waals surface area contributed by atoms with Gasteiger partial charge in [0.15, 0.2) is 0 Å². The molecular formula is C14H25N3O2. The minimum Gasteiger partial charge on any atom is -0.369 e. The van der Waals surface area contributed by atoms with Gasteiger partial charge in [0.25, 0.3) is 0 Å². The highest BCUT2D eigenvalue weighted by atomic mass is 16.2. The van der Waals surface area contributed by atoms with Crippen molar-refractivity contribution in [3.05, 3.63) is 0 Å². The van der Waals surface area contributed by atoms with Crippen LogP contribution >= 0.6 is 0 Å². The number of likely N-dealkylation sites (tertiary alicyclic amines) is 2. The average Bonchev–Trinajstić information content (AvgIpc) is 2.67. The summed E-state index contributed by atoms with van der Waals surface area (Å²) in [5, 5.41) is 0. The number of primary amides is 1. The first-order chi connectivity index (χ1) is 9.09. The summed E-state index contributed by atoms with van der Waals surface area (Å²) < 4.78 is 0. The largest absolute Gasteiger partial charge is 0.369 e. The van der Waals surface area contributed by atoms with E-state index in [1.165, 1.54) is 12.8 Å². The number of nitrogens with two attached hydrogens (primary N) is 1. The highest BCUT2D eigenvalue weighted by molar-refractivity contribution is 5.79. The van der Waals surface area contributed by atoms with Crippen LogP contribution < -0.4 is 5.73 Å². The minimum atomic E-state index is -0.277. The Kier molecular flexibility index (Phi) is 4.66. The number of amides is 3. The lowest BCUT2D eigenvalue weighted by molar-refractivity contribution is -0.123. The third-order valence-electron chi connectivity index (χ3n) is 4.41. The van der Waals surface area contributed by atoms with Crippen molar-refractivity contribution < 1.29 is 9.59 Å². The second-order valence-electron chi connectivity index (χ2n) is 5.86. The summed E-state index contributed by atoms with van der Waals surface area (Å²) >= 11 is 0. The highest BCUT2D eigenvalue weighted by Gasteiger charge is 2.33. The van der Waals surface area contributed by atoms with Gasteiger partial charge in [-0.25, -0.2) is 4.79 Å². The van der Waals surface area contributed by atoms with Gasteiger partial charge in [-0.15, -0.1) is 0 Å². The van der Waals surface area contributed by atoms with Crippen LogP contribution in [0.1, 0.15) is 45.4 Å². The predicted molar refractivity (Wildman–Crippen MR) is 73.5 cm³/mol. The zero-order chi connectivity index (χ0) is 13.8. The molecule has 2 heterocycles. The summed E-state index contributed by atoms with van der Waals surface area (Å²) in [6.07, 6.45) is 6.28. The summed E-state index contributed by atoms with van der Waals surface area (Å²) in [4.78, 5) is 27.7. The molecule has 0 aromatic heterocycles. The number of hydrogen-bond acceptors (Lipinski definition) is 2. The number of hydrogen-bond donors (Lipinski definition) is 1. The van der Waals surface area contributed by atoms with Gasteiger partial charge in [0, 0.05) is 25.7 Å². The lowest BCUT2D eigenvalue weighted by atomic mass is 9.93. The smallest absolute Gasteiger partial charge is 0.320 e. The van der Waals surface area contributed by atoms with Gasteiger partial charge in [-0.3, -0.25) is 4.79 Å². The van der Waals surface area contributed by atoms with Gasteiger partial charge in [0.05, 0.1) is 5.92 Å². The van der Waals surface area contributed by atoms with Crippen molar-refractivity contribution in [3.8, 4) is 0 Å². The van der Waals surface area contributed by atoms with Gasteiger partial charge >= 0.3 is 6.03 Å². The van der Waals surface area contributed by atoms with Crippen LogP contribution in [0.15, 0.2) is 0 Å². The van der Waals surface area contributed by atoms with Crippen molar-refractivity contribution in [3.63, 3.8) is 0 Å². The molecule has 2 fully saturated rings. The second kappa shape index (κ2) is 6.26. The van der Waals surface area contributed by atoms with Crippen LogP contribution in [0.4, 0.5) is 4.79 Å². The molecule has 0 aliphatic carbocycles. The molecule has 5 nitrogen and oxygen atoms in total. The van der Waals surface area contributed by atoms with Crippen LogP contribution in [0.2, 0.25) is 0 Å². The van der Waals surface area contributed by atoms with E-state index in [0.717, 1.165) is 38.8 Å². The van der Waals surface area contributed by atoms with Crippen molar-refractivity contribution in [2.75, 3.05) is 19.6 Å². The van der Waals surface area contributed by atoms with E-state index in [1.54, 1.807) is 0 Å². The molecule has 2 rings (SSSR count). The van der Waals surface area contributed by atoms with E-state index >= 15 is 0 Å².